The molecule has 0 radical (unpaired) electrons. The summed E-state index contributed by atoms with van der Waals surface area (Å²) < 4.78 is 2.23. The Balaban J connectivity index is 1.47. The molecule has 0 atom stereocenters. The largest absolute Gasteiger partial charge is 0.354 e. The first-order chi connectivity index (χ1) is 26.4. The molecule has 7 aromatic rings. The number of aromatic amines is 2. The van der Waals surface area contributed by atoms with E-state index in [1.165, 1.54) is 0 Å². The van der Waals surface area contributed by atoms with Gasteiger partial charge in [-0.3, -0.25) is 0 Å². The third-order valence-electron chi connectivity index (χ3n) is 9.59. The first kappa shape index (κ1) is 33.7. The van der Waals surface area contributed by atoms with Crippen molar-refractivity contribution in [1.82, 2.24) is 19.9 Å². The highest BCUT2D eigenvalue weighted by atomic mass is 127. The Kier molecular flexibility index (Phi) is 8.78. The van der Waals surface area contributed by atoms with Gasteiger partial charge in [-0.05, 0) is 165 Å². The lowest BCUT2D eigenvalue weighted by Crippen LogP contribution is -1.91. The molecular weight excluding hydrogens is 890 g/mol. The predicted octanol–water partition coefficient (Wildman–Crippen LogP) is 12.3. The second-order valence-corrected chi connectivity index (χ2v) is 15.4. The van der Waals surface area contributed by atoms with Crippen LogP contribution >= 0.6 is 45.2 Å². The van der Waals surface area contributed by atoms with Gasteiger partial charge >= 0.3 is 0 Å². The average Bonchev–Trinajstić information content (AvgIpc) is 4.03. The number of rotatable bonds is 4. The van der Waals surface area contributed by atoms with Crippen LogP contribution in [0, 0.1) is 29.8 Å². The molecule has 2 aliphatic rings. The average molecular weight is 917 g/mol. The van der Waals surface area contributed by atoms with Crippen LogP contribution in [0.2, 0.25) is 0 Å². The topological polar surface area (TPSA) is 105 Å². The summed E-state index contributed by atoms with van der Waals surface area (Å²) in [6, 6.07) is 45.2. The number of benzene rings is 4. The van der Waals surface area contributed by atoms with Crippen LogP contribution in [0.25, 0.3) is 90.9 Å². The van der Waals surface area contributed by atoms with Crippen molar-refractivity contribution in [3.05, 3.63) is 162 Å². The van der Waals surface area contributed by atoms with Crippen LogP contribution in [0.4, 0.5) is 0 Å². The zero-order valence-electron chi connectivity index (χ0n) is 28.4. The van der Waals surface area contributed by atoms with Crippen LogP contribution in [-0.4, -0.2) is 19.9 Å². The molecule has 0 aliphatic carbocycles. The zero-order valence-corrected chi connectivity index (χ0v) is 32.7. The highest BCUT2D eigenvalue weighted by Gasteiger charge is 2.20. The van der Waals surface area contributed by atoms with E-state index in [2.05, 4.69) is 164 Å². The molecule has 0 fully saturated rings. The van der Waals surface area contributed by atoms with E-state index in [4.69, 9.17) is 9.97 Å². The van der Waals surface area contributed by atoms with E-state index in [9.17, 15) is 10.5 Å². The second-order valence-electron chi connectivity index (χ2n) is 12.9. The molecule has 8 heteroatoms. The monoisotopic (exact) mass is 916 g/mol. The summed E-state index contributed by atoms with van der Waals surface area (Å²) in [4.78, 5) is 18.2. The van der Waals surface area contributed by atoms with Gasteiger partial charge in [-0.25, -0.2) is 9.97 Å². The number of fused-ring (bicyclic) bond motifs is 8. The van der Waals surface area contributed by atoms with Crippen molar-refractivity contribution in [3.63, 3.8) is 0 Å². The van der Waals surface area contributed by atoms with Crippen LogP contribution in [0.15, 0.2) is 121 Å². The summed E-state index contributed by atoms with van der Waals surface area (Å²) in [6.07, 6.45) is 8.26. The molecule has 9 rings (SSSR count). The van der Waals surface area contributed by atoms with Gasteiger partial charge in [-0.2, -0.15) is 10.5 Å². The zero-order chi connectivity index (χ0) is 36.8. The lowest BCUT2D eigenvalue weighted by molar-refractivity contribution is 1.27. The summed E-state index contributed by atoms with van der Waals surface area (Å²) in [5, 5.41) is 19.2. The van der Waals surface area contributed by atoms with Crippen LogP contribution in [0.5, 0.6) is 0 Å². The van der Waals surface area contributed by atoms with E-state index in [1.807, 2.05) is 48.5 Å². The number of halogens is 2. The minimum absolute atomic E-state index is 0.589. The van der Waals surface area contributed by atoms with Gasteiger partial charge in [-0.15, -0.1) is 0 Å². The minimum Gasteiger partial charge on any atom is -0.354 e. The van der Waals surface area contributed by atoms with Crippen LogP contribution in [-0.2, 0) is 0 Å². The van der Waals surface area contributed by atoms with E-state index in [0.717, 1.165) is 96.5 Å². The standard InChI is InChI=1S/C46H26I2N6/c47-33-5-1-3-31(23-33)45-39-19-15-35(51-39)43(29-11-7-27(25-49)8-12-29)37-17-21-41(53-37)46(32-4-2-6-34(48)24-32)42-22-18-38(54-42)44(36-16-20-40(45)52-36)30-13-9-28(26-50)10-14-30/h1-24,51,53H. The molecule has 0 unspecified atom stereocenters. The van der Waals surface area contributed by atoms with Crippen LogP contribution < -0.4 is 0 Å². The molecule has 8 bridgehead atoms. The minimum atomic E-state index is 0.589. The van der Waals surface area contributed by atoms with Gasteiger partial charge in [-0.1, -0.05) is 48.5 Å². The van der Waals surface area contributed by atoms with E-state index >= 15 is 0 Å². The van der Waals surface area contributed by atoms with E-state index < -0.39 is 0 Å². The number of aromatic nitrogens is 4. The van der Waals surface area contributed by atoms with Crippen molar-refractivity contribution < 1.29 is 0 Å². The maximum absolute atomic E-state index is 9.59. The normalized spacial score (nSPS) is 11.7. The van der Waals surface area contributed by atoms with Crippen molar-refractivity contribution in [1.29, 1.82) is 10.5 Å². The van der Waals surface area contributed by atoms with Crippen LogP contribution in [0.3, 0.4) is 0 Å². The third-order valence-corrected chi connectivity index (χ3v) is 10.9. The molecule has 0 spiro atoms. The van der Waals surface area contributed by atoms with Gasteiger partial charge in [0.15, 0.2) is 0 Å². The molecule has 0 saturated heterocycles. The number of H-pyrrole nitrogens is 2. The Labute approximate surface area is 338 Å². The molecule has 2 N–H and O–H groups in total. The molecule has 6 nitrogen and oxygen atoms in total. The first-order valence-electron chi connectivity index (χ1n) is 17.1. The van der Waals surface area contributed by atoms with Crippen molar-refractivity contribution in [3.8, 4) is 56.6 Å². The lowest BCUT2D eigenvalue weighted by Gasteiger charge is -2.07. The van der Waals surface area contributed by atoms with Gasteiger partial charge in [0.05, 0.1) is 46.0 Å². The fourth-order valence-electron chi connectivity index (χ4n) is 7.13. The number of nitrogens with one attached hydrogen (secondary N) is 2. The summed E-state index contributed by atoms with van der Waals surface area (Å²) in [5.41, 5.74) is 15.8. The molecule has 254 valence electrons. The molecular formula is C46H26I2N6. The van der Waals surface area contributed by atoms with Crippen molar-refractivity contribution >= 4 is 91.6 Å². The van der Waals surface area contributed by atoms with Gasteiger partial charge in [0.25, 0.3) is 0 Å². The summed E-state index contributed by atoms with van der Waals surface area (Å²) in [7, 11) is 0. The van der Waals surface area contributed by atoms with Gasteiger partial charge in [0, 0.05) is 51.5 Å². The Bertz CT molecular complexity index is 2830. The van der Waals surface area contributed by atoms with E-state index in [1.54, 1.807) is 0 Å². The maximum Gasteiger partial charge on any atom is 0.0991 e. The first-order valence-corrected chi connectivity index (χ1v) is 19.3. The molecule has 54 heavy (non-hydrogen) atoms. The lowest BCUT2D eigenvalue weighted by atomic mass is 10.0. The molecule has 0 amide bonds. The Morgan fingerprint density at radius 3 is 1.17 bits per heavy atom. The Morgan fingerprint density at radius 2 is 0.778 bits per heavy atom. The Morgan fingerprint density at radius 1 is 0.407 bits per heavy atom. The number of hydrogen-bond acceptors (Lipinski definition) is 4. The molecule has 2 aliphatic heterocycles. The SMILES string of the molecule is N#Cc1ccc(-c2c3nc(c(-c4cccc(I)c4)c4ccc([nH]4)c(-c4ccc(C#N)cc4)c4ccc([nH]4)c(-c4cccc(I)c4)c4nc2C=C4)C=C3)cc1. The highest BCUT2D eigenvalue weighted by molar-refractivity contribution is 14.1. The third kappa shape index (κ3) is 6.23. The number of hydrogen-bond donors (Lipinski definition) is 2. The van der Waals surface area contributed by atoms with E-state index in [0.29, 0.717) is 11.1 Å². The molecule has 3 aromatic heterocycles. The van der Waals surface area contributed by atoms with Crippen LogP contribution in [0.1, 0.15) is 33.9 Å². The fraction of sp³-hybridized carbons (Fsp3) is 0. The second kappa shape index (κ2) is 14.0. The fourth-order valence-corrected chi connectivity index (χ4v) is 8.22. The van der Waals surface area contributed by atoms with Crippen molar-refractivity contribution in [2.45, 2.75) is 0 Å². The molecule has 4 aromatic carbocycles. The molecule has 0 saturated carbocycles. The van der Waals surface area contributed by atoms with Crippen molar-refractivity contribution in [2.75, 3.05) is 0 Å². The Hall–Kier alpha value is -6.08. The van der Waals surface area contributed by atoms with Gasteiger partial charge in [0.2, 0.25) is 0 Å². The van der Waals surface area contributed by atoms with E-state index in [-0.39, 0.29) is 0 Å². The summed E-state index contributed by atoms with van der Waals surface area (Å²) in [6.45, 7) is 0. The number of nitriles is 2. The number of nitrogens with zero attached hydrogens (tertiary/aromatic N) is 4. The van der Waals surface area contributed by atoms with Gasteiger partial charge in [0.1, 0.15) is 0 Å². The van der Waals surface area contributed by atoms with Crippen molar-refractivity contribution in [2.24, 2.45) is 0 Å². The quantitative estimate of drug-likeness (QED) is 0.172. The highest BCUT2D eigenvalue weighted by Crippen LogP contribution is 2.39. The maximum atomic E-state index is 9.59. The van der Waals surface area contributed by atoms with Gasteiger partial charge < -0.3 is 9.97 Å². The summed E-state index contributed by atoms with van der Waals surface area (Å²) in [5.74, 6) is 0. The predicted molar refractivity (Wildman–Crippen MR) is 235 cm³/mol. The summed E-state index contributed by atoms with van der Waals surface area (Å²) >= 11 is 4.71. The smallest absolute Gasteiger partial charge is 0.0991 e. The molecule has 5 heterocycles.